The smallest absolute Gasteiger partial charge is 0.305 e. The van der Waals surface area contributed by atoms with Crippen LogP contribution in [0.2, 0.25) is 0 Å². The van der Waals surface area contributed by atoms with Crippen LogP contribution in [0.25, 0.3) is 0 Å². The van der Waals surface area contributed by atoms with E-state index in [0.29, 0.717) is 26.0 Å². The highest BCUT2D eigenvalue weighted by Crippen LogP contribution is 2.28. The molecule has 7 heteroatoms. The number of rotatable bonds is 7. The Kier molecular flexibility index (Phi) is 7.78. The number of piperazine rings is 1. The van der Waals surface area contributed by atoms with Crippen LogP contribution in [0.3, 0.4) is 0 Å². The molecule has 0 aromatic heterocycles. The summed E-state index contributed by atoms with van der Waals surface area (Å²) in [5, 5.41) is 3.98. The summed E-state index contributed by atoms with van der Waals surface area (Å²) in [4.78, 5) is 15.6. The fourth-order valence-corrected chi connectivity index (χ4v) is 3.07. The van der Waals surface area contributed by atoms with Gasteiger partial charge in [0.1, 0.15) is 5.75 Å². The van der Waals surface area contributed by atoms with Gasteiger partial charge >= 0.3 is 5.97 Å². The van der Waals surface area contributed by atoms with E-state index in [-0.39, 0.29) is 5.97 Å². The maximum absolute atomic E-state index is 11.1. The van der Waals surface area contributed by atoms with Crippen LogP contribution in [0.15, 0.2) is 24.3 Å². The molecule has 0 amide bonds. The van der Waals surface area contributed by atoms with Crippen LogP contribution >= 0.6 is 12.2 Å². The predicted molar refractivity (Wildman–Crippen MR) is 103 cm³/mol. The molecular formula is C18H27N3O3S. The van der Waals surface area contributed by atoms with Crippen molar-refractivity contribution in [3.05, 3.63) is 24.3 Å². The fourth-order valence-electron chi connectivity index (χ4n) is 2.79. The van der Waals surface area contributed by atoms with E-state index in [9.17, 15) is 4.79 Å². The fraction of sp³-hybridized carbons (Fsp3) is 0.556. The number of carbonyl (C=O) groups is 1. The lowest BCUT2D eigenvalue weighted by Crippen LogP contribution is -2.52. The Morgan fingerprint density at radius 1 is 1.24 bits per heavy atom. The third-order valence-electron chi connectivity index (χ3n) is 4.13. The van der Waals surface area contributed by atoms with Gasteiger partial charge in [-0.15, -0.1) is 0 Å². The molecule has 1 aromatic carbocycles. The quantitative estimate of drug-likeness (QED) is 0.451. The highest BCUT2D eigenvalue weighted by Gasteiger charge is 2.21. The van der Waals surface area contributed by atoms with E-state index < -0.39 is 0 Å². The van der Waals surface area contributed by atoms with Crippen molar-refractivity contribution in [1.29, 1.82) is 0 Å². The Morgan fingerprint density at radius 2 is 1.96 bits per heavy atom. The highest BCUT2D eigenvalue weighted by atomic mass is 32.1. The lowest BCUT2D eigenvalue weighted by atomic mass is 10.2. The van der Waals surface area contributed by atoms with Crippen LogP contribution in [0, 0.1) is 0 Å². The van der Waals surface area contributed by atoms with E-state index in [0.717, 1.165) is 42.7 Å². The van der Waals surface area contributed by atoms with Crippen molar-refractivity contribution in [2.24, 2.45) is 0 Å². The van der Waals surface area contributed by atoms with E-state index in [1.165, 1.54) is 7.11 Å². The molecule has 25 heavy (non-hydrogen) atoms. The molecule has 0 unspecified atom stereocenters. The van der Waals surface area contributed by atoms with Crippen LogP contribution in [0.4, 0.5) is 5.69 Å². The number of nitrogens with zero attached hydrogens (tertiary/aromatic N) is 2. The molecule has 6 nitrogen and oxygen atoms in total. The molecule has 0 saturated carbocycles. The molecule has 0 atom stereocenters. The molecule has 2 rings (SSSR count). The largest absolute Gasteiger partial charge is 0.492 e. The van der Waals surface area contributed by atoms with Gasteiger partial charge in [-0.2, -0.15) is 0 Å². The van der Waals surface area contributed by atoms with Crippen molar-refractivity contribution in [2.45, 2.75) is 19.8 Å². The lowest BCUT2D eigenvalue weighted by molar-refractivity contribution is -0.140. The molecule has 0 radical (unpaired) electrons. The molecule has 1 N–H and O–H groups in total. The Morgan fingerprint density at radius 3 is 2.64 bits per heavy atom. The third-order valence-corrected chi connectivity index (χ3v) is 4.54. The van der Waals surface area contributed by atoms with Crippen molar-refractivity contribution < 1.29 is 14.3 Å². The van der Waals surface area contributed by atoms with Crippen molar-refractivity contribution in [3.63, 3.8) is 0 Å². The SMILES string of the molecule is CCOc1ccccc1N1CCN(C(=S)NCCCC(=O)OC)CC1. The average Bonchev–Trinajstić information content (AvgIpc) is 2.65. The molecule has 0 aliphatic carbocycles. The molecule has 1 aliphatic rings. The number of thiocarbonyl (C=S) groups is 1. The second-order valence-electron chi connectivity index (χ2n) is 5.79. The molecular weight excluding hydrogens is 338 g/mol. The second-order valence-corrected chi connectivity index (χ2v) is 6.17. The average molecular weight is 365 g/mol. The molecule has 1 heterocycles. The Hall–Kier alpha value is -2.02. The number of nitrogens with one attached hydrogen (secondary N) is 1. The second kappa shape index (κ2) is 10.1. The van der Waals surface area contributed by atoms with Gasteiger partial charge in [-0.05, 0) is 37.7 Å². The van der Waals surface area contributed by atoms with Crippen LogP contribution in [0.1, 0.15) is 19.8 Å². The summed E-state index contributed by atoms with van der Waals surface area (Å²) in [6.45, 7) is 6.87. The summed E-state index contributed by atoms with van der Waals surface area (Å²) in [6.07, 6.45) is 1.13. The van der Waals surface area contributed by atoms with Gasteiger partial charge in [0.25, 0.3) is 0 Å². The molecule has 0 bridgehead atoms. The standard InChI is InChI=1S/C18H27N3O3S/c1-3-24-16-8-5-4-7-15(16)20-11-13-21(14-12-20)18(25)19-10-6-9-17(22)23-2/h4-5,7-8H,3,6,9-14H2,1-2H3,(H,19,25). The zero-order valence-corrected chi connectivity index (χ0v) is 15.8. The number of benzene rings is 1. The van der Waals surface area contributed by atoms with Gasteiger partial charge in [-0.3, -0.25) is 4.79 Å². The van der Waals surface area contributed by atoms with Gasteiger partial charge < -0.3 is 24.6 Å². The first kappa shape index (κ1) is 19.3. The van der Waals surface area contributed by atoms with Crippen LogP contribution in [-0.4, -0.2) is 62.4 Å². The summed E-state index contributed by atoms with van der Waals surface area (Å²) in [7, 11) is 1.41. The third kappa shape index (κ3) is 5.77. The molecule has 1 saturated heterocycles. The van der Waals surface area contributed by atoms with Gasteiger partial charge in [-0.25, -0.2) is 0 Å². The minimum Gasteiger partial charge on any atom is -0.492 e. The van der Waals surface area contributed by atoms with Crippen LogP contribution in [-0.2, 0) is 9.53 Å². The van der Waals surface area contributed by atoms with Gasteiger partial charge in [0.05, 0.1) is 19.4 Å². The summed E-state index contributed by atoms with van der Waals surface area (Å²) in [6, 6.07) is 8.15. The van der Waals surface area contributed by atoms with Gasteiger partial charge in [0.2, 0.25) is 0 Å². The highest BCUT2D eigenvalue weighted by molar-refractivity contribution is 7.80. The number of ether oxygens (including phenoxy) is 2. The molecule has 1 aliphatic heterocycles. The zero-order chi connectivity index (χ0) is 18.1. The minimum atomic E-state index is -0.186. The molecule has 138 valence electrons. The first-order valence-corrected chi connectivity index (χ1v) is 9.13. The van der Waals surface area contributed by atoms with Crippen molar-refractivity contribution in [3.8, 4) is 5.75 Å². The van der Waals surface area contributed by atoms with E-state index in [4.69, 9.17) is 17.0 Å². The van der Waals surface area contributed by atoms with Crippen molar-refractivity contribution in [2.75, 3.05) is 51.3 Å². The Bertz CT molecular complexity index is 574. The first-order valence-electron chi connectivity index (χ1n) is 8.72. The monoisotopic (exact) mass is 365 g/mol. The topological polar surface area (TPSA) is 54.0 Å². The van der Waals surface area contributed by atoms with Gasteiger partial charge in [0, 0.05) is 39.1 Å². The van der Waals surface area contributed by atoms with Crippen molar-refractivity contribution >= 4 is 29.0 Å². The predicted octanol–water partition coefficient (Wildman–Crippen LogP) is 2.04. The van der Waals surface area contributed by atoms with E-state index in [1.54, 1.807) is 0 Å². The zero-order valence-electron chi connectivity index (χ0n) is 15.0. The number of anilines is 1. The number of hydrogen-bond acceptors (Lipinski definition) is 5. The lowest BCUT2D eigenvalue weighted by Gasteiger charge is -2.38. The minimum absolute atomic E-state index is 0.186. The summed E-state index contributed by atoms with van der Waals surface area (Å²) in [5.41, 5.74) is 1.14. The first-order chi connectivity index (χ1) is 12.2. The van der Waals surface area contributed by atoms with E-state index >= 15 is 0 Å². The number of esters is 1. The summed E-state index contributed by atoms with van der Waals surface area (Å²) >= 11 is 5.46. The maximum Gasteiger partial charge on any atom is 0.305 e. The van der Waals surface area contributed by atoms with E-state index in [1.807, 2.05) is 25.1 Å². The molecule has 1 aromatic rings. The number of methoxy groups -OCH3 is 1. The van der Waals surface area contributed by atoms with Gasteiger partial charge in [0.15, 0.2) is 5.11 Å². The number of para-hydroxylation sites is 2. The summed E-state index contributed by atoms with van der Waals surface area (Å²) in [5.74, 6) is 0.747. The normalized spacial score (nSPS) is 14.2. The Balaban J connectivity index is 1.77. The molecule has 0 spiro atoms. The van der Waals surface area contributed by atoms with Crippen molar-refractivity contribution in [1.82, 2.24) is 10.2 Å². The summed E-state index contributed by atoms with van der Waals surface area (Å²) < 4.78 is 10.4. The molecule has 1 fully saturated rings. The maximum atomic E-state index is 11.1. The number of carbonyl (C=O) groups excluding carboxylic acids is 1. The van der Waals surface area contributed by atoms with Crippen LogP contribution in [0.5, 0.6) is 5.75 Å². The van der Waals surface area contributed by atoms with Gasteiger partial charge in [-0.1, -0.05) is 12.1 Å². The van der Waals surface area contributed by atoms with Crippen LogP contribution < -0.4 is 15.0 Å². The Labute approximate surface area is 155 Å². The van der Waals surface area contributed by atoms with E-state index in [2.05, 4.69) is 25.9 Å². The number of hydrogen-bond donors (Lipinski definition) is 1.